The molecule has 1 aromatic heterocycles. The molecule has 1 aromatic rings. The first-order valence-corrected chi connectivity index (χ1v) is 6.12. The van der Waals surface area contributed by atoms with Crippen molar-refractivity contribution < 1.29 is 4.42 Å². The Morgan fingerprint density at radius 3 is 2.82 bits per heavy atom. The maximum absolute atomic E-state index is 5.76. The number of nitrogens with two attached hydrogens (primary N) is 1. The lowest BCUT2D eigenvalue weighted by molar-refractivity contribution is 0.315. The molecule has 1 saturated carbocycles. The summed E-state index contributed by atoms with van der Waals surface area (Å²) in [7, 11) is 0. The molecule has 1 fully saturated rings. The van der Waals surface area contributed by atoms with Gasteiger partial charge < -0.3 is 15.5 Å². The Morgan fingerprint density at radius 2 is 2.29 bits per heavy atom. The highest BCUT2D eigenvalue weighted by Gasteiger charge is 2.16. The molecule has 5 nitrogen and oxygen atoms in total. The topological polar surface area (TPSA) is 76.4 Å². The van der Waals surface area contributed by atoms with E-state index in [4.69, 9.17) is 10.2 Å². The third-order valence-electron chi connectivity index (χ3n) is 3.25. The molecular formula is C12H20N4O. The Labute approximate surface area is 102 Å². The van der Waals surface area contributed by atoms with Crippen LogP contribution in [0.2, 0.25) is 0 Å². The minimum Gasteiger partial charge on any atom is -0.444 e. The lowest BCUT2D eigenvalue weighted by Crippen LogP contribution is -2.37. The third kappa shape index (κ3) is 3.22. The van der Waals surface area contributed by atoms with Gasteiger partial charge in [-0.15, -0.1) is 0 Å². The summed E-state index contributed by atoms with van der Waals surface area (Å²) in [5, 5.41) is 3.13. The van der Waals surface area contributed by atoms with Crippen LogP contribution in [-0.2, 0) is 6.54 Å². The quantitative estimate of drug-likeness (QED) is 0.613. The number of oxazole rings is 1. The van der Waals surface area contributed by atoms with Gasteiger partial charge in [-0.3, -0.25) is 0 Å². The van der Waals surface area contributed by atoms with Crippen molar-refractivity contribution in [3.63, 3.8) is 0 Å². The minimum absolute atomic E-state index is 0.401. The molecule has 1 heterocycles. The zero-order chi connectivity index (χ0) is 12.3. The summed E-state index contributed by atoms with van der Waals surface area (Å²) in [6.45, 7) is 5.15. The van der Waals surface area contributed by atoms with Crippen molar-refractivity contribution in [2.24, 2.45) is 16.6 Å². The fourth-order valence-corrected chi connectivity index (χ4v) is 1.76. The number of nitrogens with one attached hydrogen (secondary N) is 1. The molecule has 0 aromatic carbocycles. The van der Waals surface area contributed by atoms with Gasteiger partial charge in [0.05, 0.1) is 5.69 Å². The maximum Gasteiger partial charge on any atom is 0.216 e. The van der Waals surface area contributed by atoms with Crippen LogP contribution < -0.4 is 11.1 Å². The van der Waals surface area contributed by atoms with Crippen molar-refractivity contribution in [1.29, 1.82) is 0 Å². The van der Waals surface area contributed by atoms with E-state index in [-0.39, 0.29) is 0 Å². The summed E-state index contributed by atoms with van der Waals surface area (Å²) >= 11 is 0. The first-order chi connectivity index (χ1) is 8.15. The van der Waals surface area contributed by atoms with Gasteiger partial charge in [-0.2, -0.15) is 0 Å². The number of aryl methyl sites for hydroxylation is 2. The Morgan fingerprint density at radius 1 is 1.53 bits per heavy atom. The van der Waals surface area contributed by atoms with Crippen LogP contribution in [0.4, 0.5) is 0 Å². The number of nitrogens with zero attached hydrogens (tertiary/aromatic N) is 2. The van der Waals surface area contributed by atoms with E-state index < -0.39 is 0 Å². The predicted molar refractivity (Wildman–Crippen MR) is 66.6 cm³/mol. The van der Waals surface area contributed by atoms with E-state index in [9.17, 15) is 0 Å². The van der Waals surface area contributed by atoms with Crippen molar-refractivity contribution in [3.8, 4) is 0 Å². The lowest BCUT2D eigenvalue weighted by Gasteiger charge is -2.25. The van der Waals surface area contributed by atoms with Crippen LogP contribution >= 0.6 is 0 Å². The molecule has 1 aliphatic carbocycles. The Balaban J connectivity index is 1.78. The van der Waals surface area contributed by atoms with Crippen LogP contribution in [0.1, 0.15) is 36.6 Å². The van der Waals surface area contributed by atoms with Crippen molar-refractivity contribution in [2.45, 2.75) is 39.7 Å². The number of rotatable bonds is 4. The van der Waals surface area contributed by atoms with Gasteiger partial charge >= 0.3 is 0 Å². The predicted octanol–water partition coefficient (Wildman–Crippen LogP) is 1.50. The molecule has 0 atom stereocenters. The van der Waals surface area contributed by atoms with E-state index in [2.05, 4.69) is 15.3 Å². The van der Waals surface area contributed by atoms with E-state index in [1.165, 1.54) is 19.3 Å². The van der Waals surface area contributed by atoms with E-state index in [1.807, 2.05) is 13.8 Å². The molecule has 1 aliphatic rings. The van der Waals surface area contributed by atoms with E-state index in [1.54, 1.807) is 0 Å². The maximum atomic E-state index is 5.76. The van der Waals surface area contributed by atoms with E-state index in [0.717, 1.165) is 23.9 Å². The monoisotopic (exact) mass is 236 g/mol. The molecule has 0 radical (unpaired) electrons. The van der Waals surface area contributed by atoms with Gasteiger partial charge in [-0.05, 0) is 32.6 Å². The Hall–Kier alpha value is -1.52. The van der Waals surface area contributed by atoms with Crippen molar-refractivity contribution in [2.75, 3.05) is 6.54 Å². The standard InChI is InChI=1S/C12H20N4O/c1-8-9(2)17-11(16-8)7-15-12(13)14-6-10-4-3-5-10/h10H,3-7H2,1-2H3,(H3,13,14,15). The molecule has 0 aliphatic heterocycles. The Kier molecular flexibility index (Phi) is 3.66. The largest absolute Gasteiger partial charge is 0.444 e. The molecule has 2 rings (SSSR count). The fraction of sp³-hybridized carbons (Fsp3) is 0.667. The van der Waals surface area contributed by atoms with Crippen LogP contribution in [0.5, 0.6) is 0 Å². The third-order valence-corrected chi connectivity index (χ3v) is 3.25. The average Bonchev–Trinajstić information content (AvgIpc) is 2.53. The van der Waals surface area contributed by atoms with Crippen molar-refractivity contribution in [3.05, 3.63) is 17.3 Å². The van der Waals surface area contributed by atoms with Gasteiger partial charge in [0, 0.05) is 6.54 Å². The van der Waals surface area contributed by atoms with Gasteiger partial charge in [0.1, 0.15) is 12.3 Å². The summed E-state index contributed by atoms with van der Waals surface area (Å²) in [5.74, 6) is 2.71. The molecule has 3 N–H and O–H groups in total. The first-order valence-electron chi connectivity index (χ1n) is 6.12. The highest BCUT2D eigenvalue weighted by Crippen LogP contribution is 2.24. The van der Waals surface area contributed by atoms with Crippen LogP contribution in [0.15, 0.2) is 9.41 Å². The summed E-state index contributed by atoms with van der Waals surface area (Å²) in [4.78, 5) is 8.45. The van der Waals surface area contributed by atoms with Crippen molar-refractivity contribution in [1.82, 2.24) is 10.3 Å². The zero-order valence-corrected chi connectivity index (χ0v) is 10.5. The number of hydrogen-bond donors (Lipinski definition) is 2. The molecule has 0 saturated heterocycles. The SMILES string of the molecule is Cc1nc(CN=C(N)NCC2CCC2)oc1C. The molecule has 17 heavy (non-hydrogen) atoms. The summed E-state index contributed by atoms with van der Waals surface area (Å²) < 4.78 is 5.42. The summed E-state index contributed by atoms with van der Waals surface area (Å²) in [5.41, 5.74) is 6.68. The van der Waals surface area contributed by atoms with E-state index >= 15 is 0 Å². The molecule has 0 amide bonds. The second kappa shape index (κ2) is 5.21. The number of aliphatic imine (C=N–C) groups is 1. The van der Waals surface area contributed by atoms with Gasteiger partial charge in [-0.25, -0.2) is 9.98 Å². The van der Waals surface area contributed by atoms with Crippen LogP contribution in [0.25, 0.3) is 0 Å². The summed E-state index contributed by atoms with van der Waals surface area (Å²) in [6, 6.07) is 0. The van der Waals surface area contributed by atoms with Gasteiger partial charge in [0.15, 0.2) is 5.96 Å². The smallest absolute Gasteiger partial charge is 0.216 e. The number of guanidine groups is 1. The number of hydrogen-bond acceptors (Lipinski definition) is 3. The molecule has 94 valence electrons. The minimum atomic E-state index is 0.401. The molecule has 0 spiro atoms. The fourth-order valence-electron chi connectivity index (χ4n) is 1.76. The van der Waals surface area contributed by atoms with Gasteiger partial charge in [0.25, 0.3) is 0 Å². The second-order valence-electron chi connectivity index (χ2n) is 4.63. The number of aromatic nitrogens is 1. The van der Waals surface area contributed by atoms with Gasteiger partial charge in [0.2, 0.25) is 5.89 Å². The van der Waals surface area contributed by atoms with Crippen LogP contribution in [-0.4, -0.2) is 17.5 Å². The summed E-state index contributed by atoms with van der Waals surface area (Å²) in [6.07, 6.45) is 3.95. The molecular weight excluding hydrogens is 216 g/mol. The van der Waals surface area contributed by atoms with Crippen LogP contribution in [0, 0.1) is 19.8 Å². The normalized spacial score (nSPS) is 16.9. The van der Waals surface area contributed by atoms with Crippen LogP contribution in [0.3, 0.4) is 0 Å². The molecule has 5 heteroatoms. The first kappa shape index (κ1) is 12.0. The lowest BCUT2D eigenvalue weighted by atomic mass is 9.85. The van der Waals surface area contributed by atoms with Crippen molar-refractivity contribution >= 4 is 5.96 Å². The highest BCUT2D eigenvalue weighted by atomic mass is 16.4. The van der Waals surface area contributed by atoms with E-state index in [0.29, 0.717) is 18.4 Å². The van der Waals surface area contributed by atoms with Gasteiger partial charge in [-0.1, -0.05) is 6.42 Å². The Bertz CT molecular complexity index is 387. The second-order valence-corrected chi connectivity index (χ2v) is 4.63. The molecule has 0 bridgehead atoms. The zero-order valence-electron chi connectivity index (χ0n) is 10.5. The molecule has 0 unspecified atom stereocenters. The highest BCUT2D eigenvalue weighted by molar-refractivity contribution is 5.77. The average molecular weight is 236 g/mol.